The zero-order valence-electron chi connectivity index (χ0n) is 8.68. The number of hydrogen-bond acceptors (Lipinski definition) is 3. The second-order valence-electron chi connectivity index (χ2n) is 3.72. The second-order valence-corrected chi connectivity index (χ2v) is 3.72. The minimum atomic E-state index is -0.204. The standard InChI is InChI=1S/C12H14O3/c1-9(10-5-3-2-4-6-10)12(13)15-8-11-7-14-11/h2-6,9,11H,7-8H2,1H3. The van der Waals surface area contributed by atoms with Crippen molar-refractivity contribution in [1.29, 1.82) is 0 Å². The predicted octanol–water partition coefficient (Wildman–Crippen LogP) is 1.73. The molecule has 15 heavy (non-hydrogen) atoms. The van der Waals surface area contributed by atoms with Crippen LogP contribution in [-0.2, 0) is 14.3 Å². The first kappa shape index (κ1) is 10.2. The molecule has 0 radical (unpaired) electrons. The Morgan fingerprint density at radius 1 is 1.53 bits per heavy atom. The Morgan fingerprint density at radius 2 is 2.20 bits per heavy atom. The van der Waals surface area contributed by atoms with Crippen LogP contribution in [0, 0.1) is 0 Å². The van der Waals surface area contributed by atoms with Crippen molar-refractivity contribution in [2.24, 2.45) is 0 Å². The Morgan fingerprint density at radius 3 is 2.80 bits per heavy atom. The van der Waals surface area contributed by atoms with E-state index in [1.807, 2.05) is 37.3 Å². The van der Waals surface area contributed by atoms with E-state index in [-0.39, 0.29) is 18.0 Å². The van der Waals surface area contributed by atoms with E-state index in [0.717, 1.165) is 5.56 Å². The van der Waals surface area contributed by atoms with Crippen molar-refractivity contribution in [3.63, 3.8) is 0 Å². The van der Waals surface area contributed by atoms with Gasteiger partial charge in [0.2, 0.25) is 0 Å². The summed E-state index contributed by atoms with van der Waals surface area (Å²) < 4.78 is 10.1. The van der Waals surface area contributed by atoms with Gasteiger partial charge in [0.15, 0.2) is 0 Å². The summed E-state index contributed by atoms with van der Waals surface area (Å²) in [6.07, 6.45) is 0.136. The molecule has 1 fully saturated rings. The lowest BCUT2D eigenvalue weighted by Gasteiger charge is -2.10. The van der Waals surface area contributed by atoms with Gasteiger partial charge in [-0.05, 0) is 12.5 Å². The van der Waals surface area contributed by atoms with Crippen LogP contribution in [0.4, 0.5) is 0 Å². The molecule has 3 nitrogen and oxygen atoms in total. The molecule has 0 N–H and O–H groups in total. The topological polar surface area (TPSA) is 38.8 Å². The van der Waals surface area contributed by atoms with Crippen molar-refractivity contribution < 1.29 is 14.3 Å². The third kappa shape index (κ3) is 2.80. The molecule has 1 aromatic carbocycles. The van der Waals surface area contributed by atoms with Gasteiger partial charge in [-0.3, -0.25) is 4.79 Å². The van der Waals surface area contributed by atoms with Gasteiger partial charge in [0.1, 0.15) is 12.7 Å². The third-order valence-electron chi connectivity index (χ3n) is 2.47. The van der Waals surface area contributed by atoms with Gasteiger partial charge in [-0.25, -0.2) is 0 Å². The molecule has 0 aromatic heterocycles. The molecule has 2 unspecified atom stereocenters. The maximum absolute atomic E-state index is 11.6. The van der Waals surface area contributed by atoms with E-state index in [2.05, 4.69) is 0 Å². The van der Waals surface area contributed by atoms with Crippen LogP contribution in [0.1, 0.15) is 18.4 Å². The lowest BCUT2D eigenvalue weighted by atomic mass is 10.0. The van der Waals surface area contributed by atoms with E-state index in [0.29, 0.717) is 13.2 Å². The van der Waals surface area contributed by atoms with Gasteiger partial charge >= 0.3 is 5.97 Å². The third-order valence-corrected chi connectivity index (χ3v) is 2.47. The highest BCUT2D eigenvalue weighted by atomic mass is 16.6. The molecule has 1 saturated heterocycles. The molecular formula is C12H14O3. The average molecular weight is 206 g/mol. The largest absolute Gasteiger partial charge is 0.462 e. The molecule has 0 saturated carbocycles. The van der Waals surface area contributed by atoms with Crippen molar-refractivity contribution in [2.45, 2.75) is 18.9 Å². The minimum Gasteiger partial charge on any atom is -0.462 e. The van der Waals surface area contributed by atoms with E-state index >= 15 is 0 Å². The van der Waals surface area contributed by atoms with Crippen molar-refractivity contribution in [2.75, 3.05) is 13.2 Å². The molecule has 0 aliphatic carbocycles. The molecule has 2 atom stereocenters. The zero-order valence-corrected chi connectivity index (χ0v) is 8.68. The molecule has 3 heteroatoms. The number of benzene rings is 1. The summed E-state index contributed by atoms with van der Waals surface area (Å²) >= 11 is 0. The number of epoxide rings is 1. The first-order chi connectivity index (χ1) is 7.27. The number of rotatable bonds is 4. The molecule has 0 amide bonds. The first-order valence-corrected chi connectivity index (χ1v) is 5.10. The van der Waals surface area contributed by atoms with E-state index in [1.54, 1.807) is 0 Å². The van der Waals surface area contributed by atoms with Gasteiger partial charge in [0, 0.05) is 0 Å². The quantitative estimate of drug-likeness (QED) is 0.556. The number of carbonyl (C=O) groups excluding carboxylic acids is 1. The predicted molar refractivity (Wildman–Crippen MR) is 55.6 cm³/mol. The van der Waals surface area contributed by atoms with E-state index in [4.69, 9.17) is 9.47 Å². The summed E-state index contributed by atoms with van der Waals surface area (Å²) in [6, 6.07) is 9.63. The minimum absolute atomic E-state index is 0.136. The van der Waals surface area contributed by atoms with Gasteiger partial charge in [-0.2, -0.15) is 0 Å². The first-order valence-electron chi connectivity index (χ1n) is 5.10. The van der Waals surface area contributed by atoms with Crippen LogP contribution in [0.3, 0.4) is 0 Å². The molecule has 80 valence electrons. The van der Waals surface area contributed by atoms with Crippen LogP contribution in [0.5, 0.6) is 0 Å². The second kappa shape index (κ2) is 4.45. The number of ether oxygens (including phenoxy) is 2. The lowest BCUT2D eigenvalue weighted by molar-refractivity contribution is -0.145. The van der Waals surface area contributed by atoms with Crippen LogP contribution >= 0.6 is 0 Å². The Balaban J connectivity index is 1.88. The molecule has 2 rings (SSSR count). The average Bonchev–Trinajstić information content (AvgIpc) is 3.10. The molecule has 0 bridgehead atoms. The Hall–Kier alpha value is -1.35. The van der Waals surface area contributed by atoms with Crippen molar-refractivity contribution in [3.8, 4) is 0 Å². The fourth-order valence-electron chi connectivity index (χ4n) is 1.34. The maximum atomic E-state index is 11.6. The Kier molecular flexibility index (Phi) is 3.02. The Bertz CT molecular complexity index is 330. The zero-order chi connectivity index (χ0) is 10.7. The van der Waals surface area contributed by atoms with Crippen molar-refractivity contribution in [3.05, 3.63) is 35.9 Å². The van der Waals surface area contributed by atoms with E-state index in [1.165, 1.54) is 0 Å². The molecule has 1 aliphatic rings. The van der Waals surface area contributed by atoms with Gasteiger partial charge in [0.05, 0.1) is 12.5 Å². The summed E-state index contributed by atoms with van der Waals surface area (Å²) in [4.78, 5) is 11.6. The normalized spacial score (nSPS) is 20.7. The van der Waals surface area contributed by atoms with Crippen LogP contribution in [0.2, 0.25) is 0 Å². The van der Waals surface area contributed by atoms with Crippen molar-refractivity contribution in [1.82, 2.24) is 0 Å². The summed E-state index contributed by atoms with van der Waals surface area (Å²) in [5.41, 5.74) is 0.985. The number of carbonyl (C=O) groups is 1. The van der Waals surface area contributed by atoms with Crippen LogP contribution in [0.15, 0.2) is 30.3 Å². The lowest BCUT2D eigenvalue weighted by Crippen LogP contribution is -2.16. The number of hydrogen-bond donors (Lipinski definition) is 0. The Labute approximate surface area is 89.0 Å². The van der Waals surface area contributed by atoms with E-state index in [9.17, 15) is 4.79 Å². The molecule has 1 aliphatic heterocycles. The van der Waals surface area contributed by atoms with Crippen molar-refractivity contribution >= 4 is 5.97 Å². The summed E-state index contributed by atoms with van der Waals surface area (Å²) in [5, 5.41) is 0. The van der Waals surface area contributed by atoms with Gasteiger partial charge in [-0.15, -0.1) is 0 Å². The molecule has 1 heterocycles. The van der Waals surface area contributed by atoms with Crippen LogP contribution < -0.4 is 0 Å². The highest BCUT2D eigenvalue weighted by Gasteiger charge is 2.25. The fraction of sp³-hybridized carbons (Fsp3) is 0.417. The summed E-state index contributed by atoms with van der Waals surface area (Å²) in [6.45, 7) is 2.95. The van der Waals surface area contributed by atoms with Crippen LogP contribution in [0.25, 0.3) is 0 Å². The summed E-state index contributed by atoms with van der Waals surface area (Å²) in [5.74, 6) is -0.387. The molecule has 1 aromatic rings. The highest BCUT2D eigenvalue weighted by Crippen LogP contribution is 2.17. The monoisotopic (exact) mass is 206 g/mol. The maximum Gasteiger partial charge on any atom is 0.313 e. The van der Waals surface area contributed by atoms with Crippen LogP contribution in [-0.4, -0.2) is 25.3 Å². The summed E-state index contributed by atoms with van der Waals surface area (Å²) in [7, 11) is 0. The molecular weight excluding hydrogens is 192 g/mol. The SMILES string of the molecule is CC(C(=O)OCC1CO1)c1ccccc1. The fourth-order valence-corrected chi connectivity index (χ4v) is 1.34. The van der Waals surface area contributed by atoms with E-state index < -0.39 is 0 Å². The van der Waals surface area contributed by atoms with Gasteiger partial charge in [-0.1, -0.05) is 30.3 Å². The smallest absolute Gasteiger partial charge is 0.313 e. The van der Waals surface area contributed by atoms with Gasteiger partial charge < -0.3 is 9.47 Å². The highest BCUT2D eigenvalue weighted by molar-refractivity contribution is 5.77. The number of esters is 1. The molecule has 0 spiro atoms. The van der Waals surface area contributed by atoms with Gasteiger partial charge in [0.25, 0.3) is 0 Å².